The third-order valence-electron chi connectivity index (χ3n) is 8.31. The third kappa shape index (κ3) is 2.17. The zero-order valence-electron chi connectivity index (χ0n) is 17.5. The maximum Gasteiger partial charge on any atom is 0.303 e. The lowest BCUT2D eigenvalue weighted by Crippen LogP contribution is -2.65. The molecule has 7 heteroatoms. The van der Waals surface area contributed by atoms with Crippen LogP contribution in [0.1, 0.15) is 41.0 Å². The molecular weight excluding hydrogens is 376 g/mol. The van der Waals surface area contributed by atoms with Gasteiger partial charge in [-0.15, -0.1) is 0 Å². The summed E-state index contributed by atoms with van der Waals surface area (Å²) < 4.78 is 5.70. The zero-order valence-corrected chi connectivity index (χ0v) is 17.5. The average Bonchev–Trinajstić information content (AvgIpc) is 3.06. The molecule has 4 aliphatic rings. The molecular formula is C22H30O7. The summed E-state index contributed by atoms with van der Waals surface area (Å²) >= 11 is 0. The van der Waals surface area contributed by atoms with E-state index in [2.05, 4.69) is 0 Å². The first-order valence-corrected chi connectivity index (χ1v) is 10.2. The van der Waals surface area contributed by atoms with Crippen molar-refractivity contribution in [1.82, 2.24) is 0 Å². The fraction of sp³-hybridized carbons (Fsp3) is 0.727. The van der Waals surface area contributed by atoms with Crippen molar-refractivity contribution < 1.29 is 34.8 Å². The average molecular weight is 406 g/mol. The molecule has 0 amide bonds. The smallest absolute Gasteiger partial charge is 0.303 e. The van der Waals surface area contributed by atoms with Gasteiger partial charge in [0.15, 0.2) is 5.78 Å². The van der Waals surface area contributed by atoms with Crippen molar-refractivity contribution in [2.24, 2.45) is 29.1 Å². The molecule has 7 nitrogen and oxygen atoms in total. The van der Waals surface area contributed by atoms with Crippen LogP contribution in [0.3, 0.4) is 0 Å². The molecule has 0 aliphatic heterocycles. The van der Waals surface area contributed by atoms with Crippen LogP contribution in [0, 0.1) is 29.1 Å². The molecule has 4 rings (SSSR count). The molecule has 0 aromatic rings. The van der Waals surface area contributed by atoms with Gasteiger partial charge in [-0.25, -0.2) is 0 Å². The van der Waals surface area contributed by atoms with E-state index in [0.29, 0.717) is 11.1 Å². The number of hydrogen-bond acceptors (Lipinski definition) is 7. The minimum atomic E-state index is -1.88. The molecule has 2 saturated carbocycles. The highest BCUT2D eigenvalue weighted by Crippen LogP contribution is 2.76. The van der Waals surface area contributed by atoms with Crippen LogP contribution < -0.4 is 0 Å². The molecule has 0 aromatic heterocycles. The molecule has 29 heavy (non-hydrogen) atoms. The van der Waals surface area contributed by atoms with Crippen molar-refractivity contribution in [3.05, 3.63) is 23.3 Å². The van der Waals surface area contributed by atoms with E-state index in [1.165, 1.54) is 6.92 Å². The second-order valence-corrected chi connectivity index (χ2v) is 9.97. The molecule has 4 aliphatic carbocycles. The summed E-state index contributed by atoms with van der Waals surface area (Å²) in [5.41, 5.74) is -4.52. The molecule has 160 valence electrons. The van der Waals surface area contributed by atoms with Crippen LogP contribution in [0.15, 0.2) is 23.3 Å². The van der Waals surface area contributed by atoms with Gasteiger partial charge in [0.2, 0.25) is 0 Å². The molecule has 4 N–H and O–H groups in total. The van der Waals surface area contributed by atoms with Crippen LogP contribution in [0.4, 0.5) is 0 Å². The molecule has 0 aromatic carbocycles. The number of rotatable bonds is 2. The van der Waals surface area contributed by atoms with Gasteiger partial charge in [0.25, 0.3) is 0 Å². The summed E-state index contributed by atoms with van der Waals surface area (Å²) in [4.78, 5) is 24.7. The highest BCUT2D eigenvalue weighted by Gasteiger charge is 2.86. The van der Waals surface area contributed by atoms with E-state index in [1.54, 1.807) is 26.0 Å². The maximum atomic E-state index is 12.8. The Bertz CT molecular complexity index is 857. The minimum Gasteiger partial charge on any atom is -0.456 e. The number of carbonyl (C=O) groups excluding carboxylic acids is 2. The number of aliphatic hydroxyl groups is 4. The lowest BCUT2D eigenvalue weighted by atomic mass is 9.59. The summed E-state index contributed by atoms with van der Waals surface area (Å²) in [6, 6.07) is 0. The van der Waals surface area contributed by atoms with Crippen molar-refractivity contribution in [2.45, 2.75) is 63.9 Å². The number of fused-ring (bicyclic) bond motifs is 5. The Kier molecular flexibility index (Phi) is 4.13. The number of carbonyl (C=O) groups is 2. The van der Waals surface area contributed by atoms with Crippen LogP contribution in [-0.4, -0.2) is 61.7 Å². The molecule has 2 unspecified atom stereocenters. The molecule has 8 atom stereocenters. The molecule has 0 bridgehead atoms. The van der Waals surface area contributed by atoms with Gasteiger partial charge in [0.05, 0.1) is 18.3 Å². The SMILES string of the molecule is CC(=O)O[C@@]12[C@H](O)[C@@H](C)C3(O)C4C=C(C)C(=O)[C@@]4(O)CC(CO)=C[C@H]3[C@@H]1C2(C)C. The molecule has 2 fully saturated rings. The topological polar surface area (TPSA) is 124 Å². The van der Waals surface area contributed by atoms with Gasteiger partial charge in [0, 0.05) is 42.4 Å². The highest BCUT2D eigenvalue weighted by molar-refractivity contribution is 6.04. The first-order valence-electron chi connectivity index (χ1n) is 10.2. The molecule has 0 heterocycles. The minimum absolute atomic E-state index is 0.0871. The van der Waals surface area contributed by atoms with Gasteiger partial charge in [-0.05, 0) is 18.1 Å². The normalized spacial score (nSPS) is 49.8. The van der Waals surface area contributed by atoms with Crippen LogP contribution in [0.25, 0.3) is 0 Å². The molecule has 0 spiro atoms. The second-order valence-electron chi connectivity index (χ2n) is 9.97. The Labute approximate surface area is 170 Å². The van der Waals surface area contributed by atoms with Gasteiger partial charge in [-0.3, -0.25) is 9.59 Å². The van der Waals surface area contributed by atoms with Crippen molar-refractivity contribution >= 4 is 11.8 Å². The number of aliphatic hydroxyl groups excluding tert-OH is 2. The Morgan fingerprint density at radius 3 is 2.45 bits per heavy atom. The second kappa shape index (κ2) is 5.78. The predicted octanol–water partition coefficient (Wildman–Crippen LogP) is 0.501. The van der Waals surface area contributed by atoms with Crippen molar-refractivity contribution in [2.75, 3.05) is 6.61 Å². The number of hydrogen-bond donors (Lipinski definition) is 4. The lowest BCUT2D eigenvalue weighted by molar-refractivity contribution is -0.218. The maximum absolute atomic E-state index is 12.8. The van der Waals surface area contributed by atoms with Gasteiger partial charge < -0.3 is 25.2 Å². The van der Waals surface area contributed by atoms with Crippen LogP contribution in [-0.2, 0) is 14.3 Å². The predicted molar refractivity (Wildman–Crippen MR) is 102 cm³/mol. The van der Waals surface area contributed by atoms with E-state index < -0.39 is 63.7 Å². The van der Waals surface area contributed by atoms with Crippen molar-refractivity contribution in [3.63, 3.8) is 0 Å². The summed E-state index contributed by atoms with van der Waals surface area (Å²) in [6.07, 6.45) is 2.06. The number of esters is 1. The molecule has 0 saturated heterocycles. The Hall–Kier alpha value is -1.54. The van der Waals surface area contributed by atoms with Crippen LogP contribution in [0.5, 0.6) is 0 Å². The largest absolute Gasteiger partial charge is 0.456 e. The van der Waals surface area contributed by atoms with Gasteiger partial charge in [-0.2, -0.15) is 0 Å². The van der Waals surface area contributed by atoms with E-state index in [-0.39, 0.29) is 13.0 Å². The Morgan fingerprint density at radius 1 is 1.28 bits per heavy atom. The first kappa shape index (κ1) is 20.7. The standard InChI is InChI=1S/C22H30O7/c1-10-6-15-20(27,17(10)25)8-13(9-23)7-14-16-19(4,5)22(16,29-12(3)24)18(26)11(2)21(14,15)28/h6-7,11,14-16,18,23,26-28H,8-9H2,1-5H3/t11-,14+,15?,16-,18-,20-,21?,22-/m1/s1. The van der Waals surface area contributed by atoms with Crippen molar-refractivity contribution in [3.8, 4) is 0 Å². The first-order chi connectivity index (χ1) is 13.3. The van der Waals surface area contributed by atoms with Crippen LogP contribution >= 0.6 is 0 Å². The van der Waals surface area contributed by atoms with E-state index in [1.807, 2.05) is 13.8 Å². The number of Topliss-reactive ketones (excluding diaryl/α,β-unsaturated/α-hetero) is 1. The third-order valence-corrected chi connectivity index (χ3v) is 8.31. The summed E-state index contributed by atoms with van der Waals surface area (Å²) in [5, 5.41) is 44.7. The van der Waals surface area contributed by atoms with E-state index >= 15 is 0 Å². The summed E-state index contributed by atoms with van der Waals surface area (Å²) in [5.74, 6) is -3.77. The monoisotopic (exact) mass is 406 g/mol. The lowest BCUT2D eigenvalue weighted by Gasteiger charge is -2.52. The van der Waals surface area contributed by atoms with E-state index in [4.69, 9.17) is 4.74 Å². The fourth-order valence-electron chi connectivity index (χ4n) is 6.91. The van der Waals surface area contributed by atoms with E-state index in [9.17, 15) is 30.0 Å². The highest BCUT2D eigenvalue weighted by atomic mass is 16.6. The van der Waals surface area contributed by atoms with E-state index in [0.717, 1.165) is 0 Å². The quantitative estimate of drug-likeness (QED) is 0.389. The van der Waals surface area contributed by atoms with Gasteiger partial charge in [0.1, 0.15) is 11.2 Å². The molecule has 0 radical (unpaired) electrons. The van der Waals surface area contributed by atoms with Gasteiger partial charge in [-0.1, -0.05) is 32.9 Å². The zero-order chi connectivity index (χ0) is 21.7. The fourth-order valence-corrected chi connectivity index (χ4v) is 6.91. The summed E-state index contributed by atoms with van der Waals surface area (Å²) in [7, 11) is 0. The van der Waals surface area contributed by atoms with Crippen LogP contribution in [0.2, 0.25) is 0 Å². The Morgan fingerprint density at radius 2 is 1.90 bits per heavy atom. The van der Waals surface area contributed by atoms with Crippen molar-refractivity contribution in [1.29, 1.82) is 0 Å². The number of ketones is 1. The van der Waals surface area contributed by atoms with Gasteiger partial charge >= 0.3 is 5.97 Å². The summed E-state index contributed by atoms with van der Waals surface area (Å²) in [6.45, 7) is 7.96. The number of ether oxygens (including phenoxy) is 1. The Balaban J connectivity index is 1.94.